The molecule has 5 rings (SSSR count). The fourth-order valence-electron chi connectivity index (χ4n) is 4.52. The fourth-order valence-corrected chi connectivity index (χ4v) is 5.24. The van der Waals surface area contributed by atoms with Gasteiger partial charge in [-0.15, -0.1) is 4.31 Å². The van der Waals surface area contributed by atoms with E-state index in [9.17, 15) is 9.35 Å². The topological polar surface area (TPSA) is 86.8 Å². The molecule has 0 aliphatic carbocycles. The van der Waals surface area contributed by atoms with Crippen molar-refractivity contribution >= 4 is 11.4 Å². The number of piperidine rings is 1. The lowest BCUT2D eigenvalue weighted by molar-refractivity contribution is 0.180. The Morgan fingerprint density at radius 3 is 2.76 bits per heavy atom. The molecular formula is C24H28N4O4S. The average Bonchev–Trinajstić information content (AvgIpc) is 3.48. The minimum absolute atomic E-state index is 0.152. The molecular weight excluding hydrogens is 440 g/mol. The standard InChI is InChI=1S/C24H28N4O4S/c1-33(30)27-9-5-18(6-10-27)16-32-24-17-31-22(12-23(24)29)15-26-13-19-3-4-21(11-20(19)14-26)28-8-2-7-25-28/h2-4,7-8,11-12,17-18H,5-6,9-10,13-16H2,1H3. The number of fused-ring (bicyclic) bond motifs is 1. The monoisotopic (exact) mass is 468 g/mol. The van der Waals surface area contributed by atoms with Gasteiger partial charge in [0.05, 0.1) is 18.8 Å². The number of aromatic nitrogens is 2. The summed E-state index contributed by atoms with van der Waals surface area (Å²) < 4.78 is 26.9. The smallest absolute Gasteiger partial charge is 0.227 e. The van der Waals surface area contributed by atoms with Crippen molar-refractivity contribution < 1.29 is 13.7 Å². The molecule has 1 unspecified atom stereocenters. The third-order valence-electron chi connectivity index (χ3n) is 6.39. The van der Waals surface area contributed by atoms with Gasteiger partial charge in [-0.1, -0.05) is 6.07 Å². The van der Waals surface area contributed by atoms with Gasteiger partial charge in [0.15, 0.2) is 0 Å². The summed E-state index contributed by atoms with van der Waals surface area (Å²) in [5, 5.41) is 4.30. The van der Waals surface area contributed by atoms with Crippen molar-refractivity contribution in [3.8, 4) is 11.4 Å². The van der Waals surface area contributed by atoms with Crippen molar-refractivity contribution in [2.24, 2.45) is 5.92 Å². The molecule has 0 saturated carbocycles. The predicted octanol–water partition coefficient (Wildman–Crippen LogP) is 2.73. The maximum atomic E-state index is 12.6. The second-order valence-electron chi connectivity index (χ2n) is 8.73. The van der Waals surface area contributed by atoms with Crippen LogP contribution in [-0.4, -0.2) is 49.5 Å². The van der Waals surface area contributed by atoms with Crippen LogP contribution in [0, 0.1) is 5.92 Å². The molecule has 1 saturated heterocycles. The van der Waals surface area contributed by atoms with E-state index in [1.807, 2.05) is 21.3 Å². The van der Waals surface area contributed by atoms with Gasteiger partial charge in [0.2, 0.25) is 11.2 Å². The second kappa shape index (κ2) is 9.72. The molecule has 9 heteroatoms. The minimum atomic E-state index is -0.917. The lowest BCUT2D eigenvalue weighted by atomic mass is 9.99. The Labute approximate surface area is 196 Å². The zero-order valence-electron chi connectivity index (χ0n) is 18.7. The third kappa shape index (κ3) is 5.16. The normalized spacial score (nSPS) is 18.4. The molecule has 174 valence electrons. The van der Waals surface area contributed by atoms with Crippen LogP contribution in [0.3, 0.4) is 0 Å². The predicted molar refractivity (Wildman–Crippen MR) is 125 cm³/mol. The summed E-state index contributed by atoms with van der Waals surface area (Å²) in [5.74, 6) is 1.25. The van der Waals surface area contributed by atoms with Crippen molar-refractivity contribution in [3.05, 3.63) is 76.1 Å². The summed E-state index contributed by atoms with van der Waals surface area (Å²) in [6.45, 7) is 4.26. The summed E-state index contributed by atoms with van der Waals surface area (Å²) in [7, 11) is 0. The Balaban J connectivity index is 1.15. The molecule has 33 heavy (non-hydrogen) atoms. The zero-order valence-corrected chi connectivity index (χ0v) is 19.5. The van der Waals surface area contributed by atoms with Gasteiger partial charge in [0.1, 0.15) is 18.3 Å². The average molecular weight is 469 g/mol. The van der Waals surface area contributed by atoms with E-state index in [0.29, 0.717) is 24.8 Å². The summed E-state index contributed by atoms with van der Waals surface area (Å²) in [6, 6.07) is 9.83. The lowest BCUT2D eigenvalue weighted by Crippen LogP contribution is -2.39. The highest BCUT2D eigenvalue weighted by Gasteiger charge is 2.25. The number of hydrogen-bond donors (Lipinski definition) is 0. The summed E-state index contributed by atoms with van der Waals surface area (Å²) in [5.41, 5.74) is 3.44. The first-order valence-electron chi connectivity index (χ1n) is 11.2. The number of hydrogen-bond acceptors (Lipinski definition) is 7. The van der Waals surface area contributed by atoms with E-state index in [1.165, 1.54) is 23.5 Å². The summed E-state index contributed by atoms with van der Waals surface area (Å²) in [4.78, 5) is 14.8. The molecule has 2 aliphatic rings. The molecule has 0 bridgehead atoms. The van der Waals surface area contributed by atoms with Gasteiger partial charge in [0, 0.05) is 56.0 Å². The van der Waals surface area contributed by atoms with E-state index < -0.39 is 11.4 Å². The Morgan fingerprint density at radius 1 is 1.21 bits per heavy atom. The molecule has 4 heterocycles. The van der Waals surface area contributed by atoms with Crippen molar-refractivity contribution in [2.75, 3.05) is 26.0 Å². The SMILES string of the molecule is C[S+]([O-])N1CCC(COc2coc(CN3Cc4ccc(-n5cccn5)cc4C3)cc2=O)CC1. The molecule has 3 aromatic rings. The van der Waals surface area contributed by atoms with E-state index in [1.54, 1.807) is 12.5 Å². The van der Waals surface area contributed by atoms with Crippen molar-refractivity contribution in [1.29, 1.82) is 0 Å². The largest absolute Gasteiger partial charge is 0.598 e. The highest BCUT2D eigenvalue weighted by atomic mass is 32.2. The van der Waals surface area contributed by atoms with E-state index in [4.69, 9.17) is 9.15 Å². The van der Waals surface area contributed by atoms with Gasteiger partial charge in [0.25, 0.3) is 0 Å². The Kier molecular flexibility index (Phi) is 6.55. The first-order chi connectivity index (χ1) is 16.0. The first kappa shape index (κ1) is 22.2. The van der Waals surface area contributed by atoms with Crippen LogP contribution in [0.4, 0.5) is 0 Å². The minimum Gasteiger partial charge on any atom is -0.598 e. The molecule has 0 radical (unpaired) electrons. The van der Waals surface area contributed by atoms with Crippen molar-refractivity contribution in [2.45, 2.75) is 32.5 Å². The van der Waals surface area contributed by atoms with E-state index in [0.717, 1.165) is 44.7 Å². The van der Waals surface area contributed by atoms with Gasteiger partial charge < -0.3 is 13.7 Å². The summed E-state index contributed by atoms with van der Waals surface area (Å²) in [6.07, 6.45) is 8.69. The molecule has 1 atom stereocenters. The van der Waals surface area contributed by atoms with E-state index in [2.05, 4.69) is 28.2 Å². The number of benzene rings is 1. The molecule has 8 nitrogen and oxygen atoms in total. The maximum Gasteiger partial charge on any atom is 0.227 e. The van der Waals surface area contributed by atoms with Crippen molar-refractivity contribution in [3.63, 3.8) is 0 Å². The van der Waals surface area contributed by atoms with Crippen LogP contribution in [0.15, 0.2) is 58.2 Å². The lowest BCUT2D eigenvalue weighted by Gasteiger charge is -2.30. The molecule has 1 aromatic carbocycles. The zero-order chi connectivity index (χ0) is 22.8. The van der Waals surface area contributed by atoms with Crippen LogP contribution >= 0.6 is 0 Å². The first-order valence-corrected chi connectivity index (χ1v) is 12.7. The van der Waals surface area contributed by atoms with Gasteiger partial charge in [-0.2, -0.15) is 5.10 Å². The van der Waals surface area contributed by atoms with Crippen LogP contribution < -0.4 is 10.2 Å². The van der Waals surface area contributed by atoms with Gasteiger partial charge >= 0.3 is 0 Å². The van der Waals surface area contributed by atoms with Crippen LogP contribution in [0.1, 0.15) is 29.7 Å². The molecule has 1 fully saturated rings. The number of nitrogens with zero attached hydrogens (tertiary/aromatic N) is 4. The second-order valence-corrected chi connectivity index (χ2v) is 10.1. The number of ether oxygens (including phenoxy) is 1. The van der Waals surface area contributed by atoms with E-state index >= 15 is 0 Å². The quantitative estimate of drug-likeness (QED) is 0.493. The van der Waals surface area contributed by atoms with Gasteiger partial charge in [-0.3, -0.25) is 9.69 Å². The third-order valence-corrected chi connectivity index (χ3v) is 7.48. The molecule has 0 amide bonds. The van der Waals surface area contributed by atoms with Gasteiger partial charge in [-0.05, 0) is 48.1 Å². The Hall–Kier alpha value is -2.59. The van der Waals surface area contributed by atoms with E-state index in [-0.39, 0.29) is 11.2 Å². The molecule has 2 aromatic heterocycles. The highest BCUT2D eigenvalue weighted by molar-refractivity contribution is 7.88. The summed E-state index contributed by atoms with van der Waals surface area (Å²) >= 11 is -0.917. The fraction of sp³-hybridized carbons (Fsp3) is 0.417. The van der Waals surface area contributed by atoms with Crippen LogP contribution in [0.25, 0.3) is 5.69 Å². The molecule has 0 N–H and O–H groups in total. The number of rotatable bonds is 7. The van der Waals surface area contributed by atoms with Crippen LogP contribution in [0.5, 0.6) is 5.75 Å². The molecule has 0 spiro atoms. The Bertz CT molecular complexity index is 1140. The maximum absolute atomic E-state index is 12.6. The Morgan fingerprint density at radius 2 is 2.03 bits per heavy atom. The highest BCUT2D eigenvalue weighted by Crippen LogP contribution is 2.26. The van der Waals surface area contributed by atoms with Gasteiger partial charge in [-0.25, -0.2) is 4.68 Å². The van der Waals surface area contributed by atoms with Crippen molar-refractivity contribution in [1.82, 2.24) is 19.0 Å². The molecule has 2 aliphatic heterocycles. The van der Waals surface area contributed by atoms with Crippen LogP contribution in [0.2, 0.25) is 0 Å². The van der Waals surface area contributed by atoms with Crippen LogP contribution in [-0.2, 0) is 31.0 Å².